The van der Waals surface area contributed by atoms with Crippen molar-refractivity contribution in [2.75, 3.05) is 11.9 Å². The van der Waals surface area contributed by atoms with Gasteiger partial charge in [0, 0.05) is 18.2 Å². The number of alkyl halides is 3. The fraction of sp³-hybridized carbons (Fsp3) is 0.314. The Hall–Kier alpha value is -5.24. The maximum Gasteiger partial charge on any atom is 0.435 e. The van der Waals surface area contributed by atoms with Crippen LogP contribution >= 0.6 is 0 Å². The molecule has 0 bridgehead atoms. The van der Waals surface area contributed by atoms with Crippen molar-refractivity contribution < 1.29 is 36.7 Å². The number of carbonyl (C=O) groups is 3. The minimum Gasteiger partial charge on any atom is -0.444 e. The first-order chi connectivity index (χ1) is 23.1. The van der Waals surface area contributed by atoms with Crippen molar-refractivity contribution in [2.24, 2.45) is 11.7 Å². The van der Waals surface area contributed by atoms with E-state index in [1.165, 1.54) is 30.3 Å². The van der Waals surface area contributed by atoms with Crippen LogP contribution in [0.2, 0.25) is 0 Å². The number of benzene rings is 3. The van der Waals surface area contributed by atoms with E-state index in [1.807, 2.05) is 0 Å². The number of halogens is 4. The van der Waals surface area contributed by atoms with Crippen LogP contribution in [0.15, 0.2) is 72.8 Å². The maximum atomic E-state index is 15.2. The average Bonchev–Trinajstić information content (AvgIpc) is 3.74. The SMILES string of the molecule is CC(C)(C)OC(=O)NCc1cccc(-n2nc(C(F)(F)F)cc2C(=O)Nc2cc(C(NCC3CC3)c3ccccc3C(N)=O)ccc2F)c1. The molecule has 3 aromatic carbocycles. The Bertz CT molecular complexity index is 1860. The van der Waals surface area contributed by atoms with Gasteiger partial charge in [0.1, 0.15) is 17.1 Å². The van der Waals surface area contributed by atoms with Gasteiger partial charge in [-0.05, 0) is 93.1 Å². The van der Waals surface area contributed by atoms with Crippen LogP contribution in [0.25, 0.3) is 5.69 Å². The number of carbonyl (C=O) groups excluding carboxylic acids is 3. The van der Waals surface area contributed by atoms with Crippen LogP contribution in [0.5, 0.6) is 0 Å². The molecular formula is C35H36F4N6O4. The fourth-order valence-corrected chi connectivity index (χ4v) is 5.16. The molecule has 10 nitrogen and oxygen atoms in total. The highest BCUT2D eigenvalue weighted by molar-refractivity contribution is 6.03. The number of alkyl carbamates (subject to hydrolysis) is 1. The summed E-state index contributed by atoms with van der Waals surface area (Å²) in [6.07, 6.45) is -3.50. The Balaban J connectivity index is 1.45. The predicted octanol–water partition coefficient (Wildman–Crippen LogP) is 6.50. The van der Waals surface area contributed by atoms with Crippen LogP contribution in [0, 0.1) is 11.7 Å². The quantitative estimate of drug-likeness (QED) is 0.134. The molecule has 1 atom stereocenters. The zero-order valence-electron chi connectivity index (χ0n) is 27.0. The zero-order valence-corrected chi connectivity index (χ0v) is 27.0. The van der Waals surface area contributed by atoms with E-state index in [-0.39, 0.29) is 23.5 Å². The van der Waals surface area contributed by atoms with Gasteiger partial charge >= 0.3 is 12.3 Å². The van der Waals surface area contributed by atoms with Gasteiger partial charge in [0.15, 0.2) is 5.69 Å². The van der Waals surface area contributed by atoms with Crippen molar-refractivity contribution in [2.45, 2.75) is 58.0 Å². The van der Waals surface area contributed by atoms with Crippen LogP contribution in [0.4, 0.5) is 28.0 Å². The van der Waals surface area contributed by atoms with Gasteiger partial charge in [-0.2, -0.15) is 18.3 Å². The van der Waals surface area contributed by atoms with Crippen molar-refractivity contribution in [3.8, 4) is 5.69 Å². The topological polar surface area (TPSA) is 140 Å². The minimum atomic E-state index is -4.89. The van der Waals surface area contributed by atoms with Gasteiger partial charge in [-0.15, -0.1) is 0 Å². The average molecular weight is 681 g/mol. The van der Waals surface area contributed by atoms with Crippen LogP contribution in [-0.4, -0.2) is 39.8 Å². The number of primary amides is 1. The van der Waals surface area contributed by atoms with E-state index in [9.17, 15) is 27.6 Å². The van der Waals surface area contributed by atoms with E-state index in [0.717, 1.165) is 23.6 Å². The molecule has 4 aromatic rings. The molecule has 3 amide bonds. The van der Waals surface area contributed by atoms with E-state index in [0.29, 0.717) is 35.2 Å². The number of nitrogens with two attached hydrogens (primary N) is 1. The molecule has 5 N–H and O–H groups in total. The number of anilines is 1. The van der Waals surface area contributed by atoms with Gasteiger partial charge in [-0.25, -0.2) is 13.9 Å². The first kappa shape index (κ1) is 35.1. The largest absolute Gasteiger partial charge is 0.444 e. The summed E-state index contributed by atoms with van der Waals surface area (Å²) in [6.45, 7) is 5.69. The first-order valence-electron chi connectivity index (χ1n) is 15.6. The molecule has 0 spiro atoms. The molecular weight excluding hydrogens is 644 g/mol. The number of nitrogens with zero attached hydrogens (tertiary/aromatic N) is 2. The highest BCUT2D eigenvalue weighted by Gasteiger charge is 2.36. The zero-order chi connectivity index (χ0) is 35.5. The second-order valence-corrected chi connectivity index (χ2v) is 12.8. The monoisotopic (exact) mass is 680 g/mol. The van der Waals surface area contributed by atoms with E-state index >= 15 is 4.39 Å². The van der Waals surface area contributed by atoms with Crippen molar-refractivity contribution in [3.05, 3.63) is 112 Å². The summed E-state index contributed by atoms with van der Waals surface area (Å²) in [7, 11) is 0. The predicted molar refractivity (Wildman–Crippen MR) is 174 cm³/mol. The highest BCUT2D eigenvalue weighted by Crippen LogP contribution is 2.33. The number of hydrogen-bond donors (Lipinski definition) is 4. The molecule has 1 aliphatic carbocycles. The van der Waals surface area contributed by atoms with Crippen LogP contribution in [-0.2, 0) is 17.5 Å². The number of nitrogens with one attached hydrogen (secondary N) is 3. The Labute approximate surface area is 280 Å². The third kappa shape index (κ3) is 9.02. The Kier molecular flexibility index (Phi) is 10.1. The molecule has 49 heavy (non-hydrogen) atoms. The Morgan fingerprint density at radius 3 is 2.41 bits per heavy atom. The molecule has 0 radical (unpaired) electrons. The summed E-state index contributed by atoms with van der Waals surface area (Å²) in [6, 6.07) is 16.7. The molecule has 0 saturated heterocycles. The van der Waals surface area contributed by atoms with Gasteiger partial charge in [-0.3, -0.25) is 9.59 Å². The summed E-state index contributed by atoms with van der Waals surface area (Å²) in [4.78, 5) is 38.0. The summed E-state index contributed by atoms with van der Waals surface area (Å²) in [5, 5.41) is 12.0. The van der Waals surface area contributed by atoms with Crippen LogP contribution in [0.3, 0.4) is 0 Å². The van der Waals surface area contributed by atoms with Crippen LogP contribution < -0.4 is 21.7 Å². The molecule has 258 valence electrons. The molecule has 1 unspecified atom stereocenters. The molecule has 1 aliphatic rings. The lowest BCUT2D eigenvalue weighted by Crippen LogP contribution is -2.32. The van der Waals surface area contributed by atoms with E-state index < -0.39 is 52.9 Å². The second-order valence-electron chi connectivity index (χ2n) is 12.8. The Morgan fingerprint density at radius 2 is 1.73 bits per heavy atom. The molecule has 14 heteroatoms. The molecule has 1 heterocycles. The summed E-state index contributed by atoms with van der Waals surface area (Å²) in [5.41, 5.74) is 4.63. The standard InChI is InChI=1S/C35H36F4N6O4/c1-34(2,3)49-33(48)42-19-21-7-6-8-23(15-21)45-28(17-29(44-45)35(37,38)39)32(47)43-27-16-22(13-14-26(27)36)30(41-18-20-11-12-20)24-9-4-5-10-25(24)31(40)46/h4-10,13-17,20,30,41H,11-12,18-19H2,1-3H3,(H2,40,46)(H,42,48)(H,43,47). The van der Waals surface area contributed by atoms with Gasteiger partial charge < -0.3 is 26.4 Å². The summed E-state index contributed by atoms with van der Waals surface area (Å²) < 4.78 is 62.7. The third-order valence-electron chi connectivity index (χ3n) is 7.64. The third-order valence-corrected chi connectivity index (χ3v) is 7.64. The number of hydrogen-bond acceptors (Lipinski definition) is 6. The normalized spacial score (nSPS) is 13.9. The summed E-state index contributed by atoms with van der Waals surface area (Å²) >= 11 is 0. The lowest BCUT2D eigenvalue weighted by atomic mass is 9.93. The maximum absolute atomic E-state index is 15.2. The number of rotatable bonds is 11. The lowest BCUT2D eigenvalue weighted by molar-refractivity contribution is -0.141. The van der Waals surface area contributed by atoms with E-state index in [2.05, 4.69) is 21.0 Å². The van der Waals surface area contributed by atoms with Gasteiger partial charge in [-0.1, -0.05) is 36.4 Å². The highest BCUT2D eigenvalue weighted by atomic mass is 19.4. The molecule has 1 aromatic heterocycles. The molecule has 5 rings (SSSR count). The van der Waals surface area contributed by atoms with Crippen molar-refractivity contribution >= 4 is 23.6 Å². The van der Waals surface area contributed by atoms with Gasteiger partial charge in [0.05, 0.1) is 17.4 Å². The number of aromatic nitrogens is 2. The first-order valence-corrected chi connectivity index (χ1v) is 15.6. The van der Waals surface area contributed by atoms with E-state index in [4.69, 9.17) is 10.5 Å². The van der Waals surface area contributed by atoms with Crippen molar-refractivity contribution in [1.29, 1.82) is 0 Å². The fourth-order valence-electron chi connectivity index (χ4n) is 5.16. The molecule has 1 saturated carbocycles. The number of amides is 3. The lowest BCUT2D eigenvalue weighted by Gasteiger charge is -2.23. The van der Waals surface area contributed by atoms with Crippen molar-refractivity contribution in [1.82, 2.24) is 20.4 Å². The second kappa shape index (κ2) is 14.1. The smallest absolute Gasteiger partial charge is 0.435 e. The van der Waals surface area contributed by atoms with Crippen LogP contribution in [0.1, 0.15) is 82.9 Å². The van der Waals surface area contributed by atoms with E-state index in [1.54, 1.807) is 51.1 Å². The minimum absolute atomic E-state index is 0.0233. The molecule has 0 aliphatic heterocycles. The van der Waals surface area contributed by atoms with Gasteiger partial charge in [0.2, 0.25) is 5.91 Å². The number of ether oxygens (including phenoxy) is 1. The van der Waals surface area contributed by atoms with Gasteiger partial charge in [0.25, 0.3) is 5.91 Å². The molecule has 1 fully saturated rings. The van der Waals surface area contributed by atoms with Crippen molar-refractivity contribution in [3.63, 3.8) is 0 Å². The Morgan fingerprint density at radius 1 is 1.00 bits per heavy atom. The summed E-state index contributed by atoms with van der Waals surface area (Å²) in [5.74, 6) is -2.10.